The van der Waals surface area contributed by atoms with E-state index in [2.05, 4.69) is 4.72 Å². The van der Waals surface area contributed by atoms with E-state index in [0.29, 0.717) is 11.4 Å². The number of carboxylic acids is 1. The molecule has 0 radical (unpaired) electrons. The van der Waals surface area contributed by atoms with Crippen molar-refractivity contribution in [2.75, 3.05) is 6.54 Å². The smallest absolute Gasteiger partial charge is 0.310 e. The maximum Gasteiger partial charge on any atom is 0.310 e. The summed E-state index contributed by atoms with van der Waals surface area (Å²) in [6.45, 7) is 3.04. The van der Waals surface area contributed by atoms with Crippen LogP contribution < -0.4 is 4.72 Å². The summed E-state index contributed by atoms with van der Waals surface area (Å²) in [6, 6.07) is 5.67. The molecule has 0 bridgehead atoms. The molecule has 0 saturated carbocycles. The molecule has 0 heterocycles. The van der Waals surface area contributed by atoms with Crippen molar-refractivity contribution >= 4 is 27.6 Å². The van der Waals surface area contributed by atoms with E-state index >= 15 is 0 Å². The van der Waals surface area contributed by atoms with Crippen LogP contribution in [-0.2, 0) is 14.8 Å². The molecule has 0 aliphatic carbocycles. The predicted octanol–water partition coefficient (Wildman–Crippen LogP) is 2.12. The number of benzene rings is 1. The van der Waals surface area contributed by atoms with Gasteiger partial charge in [0.05, 0.1) is 10.3 Å². The Morgan fingerprint density at radius 3 is 2.32 bits per heavy atom. The Balaban J connectivity index is 2.87. The molecule has 106 valence electrons. The molecule has 7 heteroatoms. The SMILES string of the molecule is CCC(C)(CNS(=O)(=O)c1ccc(Cl)cc1)C(=O)O. The van der Waals surface area contributed by atoms with Crippen LogP contribution in [0.25, 0.3) is 0 Å². The van der Waals surface area contributed by atoms with E-state index in [9.17, 15) is 13.2 Å². The number of carbonyl (C=O) groups is 1. The van der Waals surface area contributed by atoms with Gasteiger partial charge in [0, 0.05) is 11.6 Å². The number of halogens is 1. The predicted molar refractivity (Wildman–Crippen MR) is 72.7 cm³/mol. The maximum absolute atomic E-state index is 12.0. The molecular weight excluding hydrogens is 290 g/mol. The van der Waals surface area contributed by atoms with Crippen molar-refractivity contribution in [3.8, 4) is 0 Å². The molecule has 0 aromatic heterocycles. The highest BCUT2D eigenvalue weighted by atomic mass is 35.5. The van der Waals surface area contributed by atoms with Gasteiger partial charge < -0.3 is 5.11 Å². The van der Waals surface area contributed by atoms with Crippen molar-refractivity contribution in [2.24, 2.45) is 5.41 Å². The molecule has 0 spiro atoms. The lowest BCUT2D eigenvalue weighted by Crippen LogP contribution is -2.40. The summed E-state index contributed by atoms with van der Waals surface area (Å²) in [5.74, 6) is -1.03. The molecule has 0 aliphatic rings. The third-order valence-corrected chi connectivity index (χ3v) is 4.74. The highest BCUT2D eigenvalue weighted by molar-refractivity contribution is 7.89. The zero-order valence-electron chi connectivity index (χ0n) is 10.7. The van der Waals surface area contributed by atoms with E-state index in [1.165, 1.54) is 31.2 Å². The number of hydrogen-bond donors (Lipinski definition) is 2. The fourth-order valence-electron chi connectivity index (χ4n) is 1.30. The lowest BCUT2D eigenvalue weighted by molar-refractivity contribution is -0.147. The second-order valence-corrected chi connectivity index (χ2v) is 6.70. The van der Waals surface area contributed by atoms with Crippen molar-refractivity contribution in [2.45, 2.75) is 25.2 Å². The fraction of sp³-hybridized carbons (Fsp3) is 0.417. The molecule has 0 amide bonds. The number of aliphatic carboxylic acids is 1. The van der Waals surface area contributed by atoms with E-state index in [1.807, 2.05) is 0 Å². The minimum atomic E-state index is -3.73. The van der Waals surface area contributed by atoms with Gasteiger partial charge in [-0.25, -0.2) is 13.1 Å². The molecule has 1 rings (SSSR count). The van der Waals surface area contributed by atoms with Gasteiger partial charge in [0.25, 0.3) is 0 Å². The summed E-state index contributed by atoms with van der Waals surface area (Å²) in [5.41, 5.74) is -1.13. The lowest BCUT2D eigenvalue weighted by Gasteiger charge is -2.23. The van der Waals surface area contributed by atoms with Gasteiger partial charge in [0.2, 0.25) is 10.0 Å². The van der Waals surface area contributed by atoms with Crippen LogP contribution >= 0.6 is 11.6 Å². The van der Waals surface area contributed by atoms with Crippen LogP contribution in [0.5, 0.6) is 0 Å². The first-order valence-corrected chi connectivity index (χ1v) is 7.56. The topological polar surface area (TPSA) is 83.5 Å². The fourth-order valence-corrected chi connectivity index (χ4v) is 2.60. The Bertz CT molecular complexity index is 556. The molecule has 0 aliphatic heterocycles. The molecule has 2 N–H and O–H groups in total. The van der Waals surface area contributed by atoms with Crippen molar-refractivity contribution < 1.29 is 18.3 Å². The van der Waals surface area contributed by atoms with Gasteiger partial charge in [-0.3, -0.25) is 4.79 Å². The maximum atomic E-state index is 12.0. The first-order chi connectivity index (χ1) is 8.71. The Morgan fingerprint density at radius 2 is 1.89 bits per heavy atom. The van der Waals surface area contributed by atoms with Crippen LogP contribution in [0.3, 0.4) is 0 Å². The van der Waals surface area contributed by atoms with Crippen LogP contribution in [0.1, 0.15) is 20.3 Å². The summed E-state index contributed by atoms with van der Waals surface area (Å²) in [5, 5.41) is 9.52. The summed E-state index contributed by atoms with van der Waals surface area (Å²) in [7, 11) is -3.73. The molecule has 1 unspecified atom stereocenters. The molecular formula is C12H16ClNO4S. The van der Waals surface area contributed by atoms with E-state index in [-0.39, 0.29) is 11.4 Å². The zero-order valence-corrected chi connectivity index (χ0v) is 12.3. The average molecular weight is 306 g/mol. The van der Waals surface area contributed by atoms with Crippen molar-refractivity contribution in [1.82, 2.24) is 4.72 Å². The van der Waals surface area contributed by atoms with Crippen LogP contribution in [0.4, 0.5) is 0 Å². The van der Waals surface area contributed by atoms with Crippen molar-refractivity contribution in [1.29, 1.82) is 0 Å². The monoisotopic (exact) mass is 305 g/mol. The van der Waals surface area contributed by atoms with E-state index in [4.69, 9.17) is 16.7 Å². The van der Waals surface area contributed by atoms with Gasteiger partial charge in [0.1, 0.15) is 0 Å². The van der Waals surface area contributed by atoms with E-state index in [1.54, 1.807) is 6.92 Å². The van der Waals surface area contributed by atoms with Crippen LogP contribution in [-0.4, -0.2) is 26.0 Å². The van der Waals surface area contributed by atoms with Crippen molar-refractivity contribution in [3.63, 3.8) is 0 Å². The standard InChI is InChI=1S/C12H16ClNO4S/c1-3-12(2,11(15)16)8-14-19(17,18)10-6-4-9(13)5-7-10/h4-7,14H,3,8H2,1-2H3,(H,15,16). The minimum Gasteiger partial charge on any atom is -0.481 e. The van der Waals surface area contributed by atoms with Gasteiger partial charge in [0.15, 0.2) is 0 Å². The summed E-state index contributed by atoms with van der Waals surface area (Å²) in [4.78, 5) is 11.2. The third kappa shape index (κ3) is 3.92. The van der Waals surface area contributed by atoms with Gasteiger partial charge in [-0.2, -0.15) is 0 Å². The first-order valence-electron chi connectivity index (χ1n) is 5.70. The zero-order chi connectivity index (χ0) is 14.7. The Labute approximate surface area is 117 Å². The normalized spacial score (nSPS) is 14.9. The number of carboxylic acid groups (broad SMARTS) is 1. The number of nitrogens with one attached hydrogen (secondary N) is 1. The molecule has 5 nitrogen and oxygen atoms in total. The van der Waals surface area contributed by atoms with Crippen LogP contribution in [0, 0.1) is 5.41 Å². The Morgan fingerprint density at radius 1 is 1.37 bits per heavy atom. The van der Waals surface area contributed by atoms with Crippen LogP contribution in [0.15, 0.2) is 29.2 Å². The van der Waals surface area contributed by atoms with E-state index in [0.717, 1.165) is 0 Å². The highest BCUT2D eigenvalue weighted by Gasteiger charge is 2.32. The second-order valence-electron chi connectivity index (χ2n) is 4.50. The molecule has 1 aromatic rings. The average Bonchev–Trinajstić information content (AvgIpc) is 2.36. The third-order valence-electron chi connectivity index (χ3n) is 3.07. The van der Waals surface area contributed by atoms with E-state index < -0.39 is 21.4 Å². The second kappa shape index (κ2) is 5.90. The number of sulfonamides is 1. The number of rotatable bonds is 6. The first kappa shape index (κ1) is 15.9. The van der Waals surface area contributed by atoms with Gasteiger partial charge in [-0.05, 0) is 37.6 Å². The lowest BCUT2D eigenvalue weighted by atomic mass is 9.88. The minimum absolute atomic E-state index is 0.0562. The molecule has 1 atom stereocenters. The Hall–Kier alpha value is -1.11. The summed E-state index contributed by atoms with van der Waals surface area (Å²) in [6.07, 6.45) is 0.325. The van der Waals surface area contributed by atoms with Gasteiger partial charge in [-0.1, -0.05) is 18.5 Å². The number of hydrogen-bond acceptors (Lipinski definition) is 3. The molecule has 19 heavy (non-hydrogen) atoms. The Kier molecular flexibility index (Phi) is 4.95. The quantitative estimate of drug-likeness (QED) is 0.843. The summed E-state index contributed by atoms with van der Waals surface area (Å²) < 4.78 is 26.3. The van der Waals surface area contributed by atoms with Crippen molar-refractivity contribution in [3.05, 3.63) is 29.3 Å². The highest BCUT2D eigenvalue weighted by Crippen LogP contribution is 2.21. The molecule has 0 fully saturated rings. The summed E-state index contributed by atoms with van der Waals surface area (Å²) >= 11 is 5.68. The van der Waals surface area contributed by atoms with Gasteiger partial charge >= 0.3 is 5.97 Å². The molecule has 1 aromatic carbocycles. The van der Waals surface area contributed by atoms with Gasteiger partial charge in [-0.15, -0.1) is 0 Å². The largest absolute Gasteiger partial charge is 0.481 e. The molecule has 0 saturated heterocycles. The van der Waals surface area contributed by atoms with Crippen LogP contribution in [0.2, 0.25) is 5.02 Å².